The molecular weight excluding hydrogens is 334 g/mol. The van der Waals surface area contributed by atoms with Gasteiger partial charge in [-0.2, -0.15) is 8.78 Å². The van der Waals surface area contributed by atoms with Gasteiger partial charge in [-0.1, -0.05) is 0 Å². The first-order chi connectivity index (χ1) is 10.1. The highest BCUT2D eigenvalue weighted by Gasteiger charge is 2.32. The van der Waals surface area contributed by atoms with Gasteiger partial charge in [-0.15, -0.1) is 0 Å². The molecule has 0 fully saturated rings. The third kappa shape index (κ3) is 2.01. The quantitative estimate of drug-likeness (QED) is 0.375. The van der Waals surface area contributed by atoms with Crippen molar-refractivity contribution in [1.29, 1.82) is 0 Å². The van der Waals surface area contributed by atoms with Gasteiger partial charge in [0, 0.05) is 5.39 Å². The van der Waals surface area contributed by atoms with Crippen LogP contribution in [-0.4, -0.2) is 0 Å². The van der Waals surface area contributed by atoms with Gasteiger partial charge in [-0.05, 0) is 0 Å². The van der Waals surface area contributed by atoms with Gasteiger partial charge in [0.25, 0.3) is 0 Å². The van der Waals surface area contributed by atoms with Crippen molar-refractivity contribution >= 4 is 16.6 Å². The van der Waals surface area contributed by atoms with Crippen molar-refractivity contribution in [2.24, 2.45) is 0 Å². The molecular formula is C12F10. The summed E-state index contributed by atoms with van der Waals surface area (Å²) in [6, 6.07) is 0. The first-order valence-corrected chi connectivity index (χ1v) is 5.14. The summed E-state index contributed by atoms with van der Waals surface area (Å²) >= 11 is 0. The van der Waals surface area contributed by atoms with E-state index in [4.69, 9.17) is 0 Å². The van der Waals surface area contributed by atoms with Crippen LogP contribution in [0.25, 0.3) is 16.6 Å². The molecule has 0 bridgehead atoms. The largest absolute Gasteiger partial charge is 0.306 e. The molecule has 0 aromatic heterocycles. The average Bonchev–Trinajstić information content (AvgIpc) is 2.47. The van der Waals surface area contributed by atoms with Crippen LogP contribution in [0.15, 0.2) is 6.08 Å². The Labute approximate surface area is 114 Å². The topological polar surface area (TPSA) is 0 Å². The molecule has 10 heteroatoms. The highest BCUT2D eigenvalue weighted by atomic mass is 19.3. The predicted molar refractivity (Wildman–Crippen MR) is 53.9 cm³/mol. The first-order valence-electron chi connectivity index (χ1n) is 5.14. The fourth-order valence-electron chi connectivity index (χ4n) is 1.80. The second kappa shape index (κ2) is 5.18. The third-order valence-electron chi connectivity index (χ3n) is 2.73. The maximum atomic E-state index is 13.5. The van der Waals surface area contributed by atoms with Gasteiger partial charge in [-0.25, -0.2) is 35.1 Å². The van der Waals surface area contributed by atoms with Crippen LogP contribution in [0.5, 0.6) is 0 Å². The van der Waals surface area contributed by atoms with Crippen molar-refractivity contribution in [2.75, 3.05) is 0 Å². The number of rotatable bonds is 1. The van der Waals surface area contributed by atoms with Crippen molar-refractivity contribution < 1.29 is 43.9 Å². The van der Waals surface area contributed by atoms with Crippen molar-refractivity contribution in [3.05, 3.63) is 52.4 Å². The summed E-state index contributed by atoms with van der Waals surface area (Å²) in [4.78, 5) is 0. The van der Waals surface area contributed by atoms with Gasteiger partial charge in [0.05, 0.1) is 10.9 Å². The van der Waals surface area contributed by atoms with E-state index < -0.39 is 69.0 Å². The Morgan fingerprint density at radius 2 is 0.818 bits per heavy atom. The molecule has 2 aromatic rings. The Bertz CT molecular complexity index is 824. The van der Waals surface area contributed by atoms with Crippen LogP contribution >= 0.6 is 0 Å². The van der Waals surface area contributed by atoms with Gasteiger partial charge in [-0.3, -0.25) is 0 Å². The predicted octanol–water partition coefficient (Wildman–Crippen LogP) is 5.35. The summed E-state index contributed by atoms with van der Waals surface area (Å²) in [5.74, 6) is -21.1. The summed E-state index contributed by atoms with van der Waals surface area (Å²) in [5.41, 5.74) is -2.26. The molecule has 0 radical (unpaired) electrons. The van der Waals surface area contributed by atoms with Crippen LogP contribution in [0.4, 0.5) is 43.9 Å². The normalized spacial score (nSPS) is 11.2. The van der Waals surface area contributed by atoms with Gasteiger partial charge in [0.2, 0.25) is 0 Å². The average molecular weight is 334 g/mol. The second-order valence-corrected chi connectivity index (χ2v) is 3.90. The number of benzene rings is 2. The van der Waals surface area contributed by atoms with Gasteiger partial charge in [0.1, 0.15) is 0 Å². The van der Waals surface area contributed by atoms with Gasteiger partial charge >= 0.3 is 6.08 Å². The Hall–Kier alpha value is -2.26. The fraction of sp³-hybridized carbons (Fsp3) is 0. The minimum absolute atomic E-state index is 2.03. The van der Waals surface area contributed by atoms with Crippen LogP contribution < -0.4 is 0 Å². The highest BCUT2D eigenvalue weighted by Crippen LogP contribution is 2.39. The SMILES string of the molecule is FC(F)=C(F)c1c(F)c(F)c(F)c2c(F)c(F)c(F)c(F)c12. The lowest BCUT2D eigenvalue weighted by Crippen LogP contribution is -2.07. The molecule has 0 heterocycles. The van der Waals surface area contributed by atoms with E-state index in [2.05, 4.69) is 0 Å². The molecule has 0 unspecified atom stereocenters. The maximum Gasteiger partial charge on any atom is 0.306 e. The summed E-state index contributed by atoms with van der Waals surface area (Å²) in [6.07, 6.45) is -3.30. The van der Waals surface area contributed by atoms with Crippen LogP contribution in [0.3, 0.4) is 0 Å². The lowest BCUT2D eigenvalue weighted by Gasteiger charge is -2.11. The number of halogens is 10. The van der Waals surface area contributed by atoms with Crippen LogP contribution in [0.2, 0.25) is 0 Å². The molecule has 0 aliphatic rings. The zero-order chi connectivity index (χ0) is 16.9. The summed E-state index contributed by atoms with van der Waals surface area (Å²) < 4.78 is 131. The van der Waals surface area contributed by atoms with E-state index in [-0.39, 0.29) is 0 Å². The summed E-state index contributed by atoms with van der Waals surface area (Å²) in [7, 11) is 0. The lowest BCUT2D eigenvalue weighted by atomic mass is 10.00. The highest BCUT2D eigenvalue weighted by molar-refractivity contribution is 5.94. The molecule has 118 valence electrons. The molecule has 0 atom stereocenters. The Balaban J connectivity index is 3.27. The monoisotopic (exact) mass is 334 g/mol. The Morgan fingerprint density at radius 3 is 1.23 bits per heavy atom. The molecule has 0 nitrogen and oxygen atoms in total. The van der Waals surface area contributed by atoms with E-state index in [1.807, 2.05) is 0 Å². The first kappa shape index (κ1) is 16.1. The van der Waals surface area contributed by atoms with Crippen LogP contribution in [-0.2, 0) is 0 Å². The minimum atomic E-state index is -3.30. The molecule has 0 saturated heterocycles. The number of hydrogen-bond donors (Lipinski definition) is 0. The molecule has 22 heavy (non-hydrogen) atoms. The molecule has 0 saturated carbocycles. The van der Waals surface area contributed by atoms with E-state index in [9.17, 15) is 43.9 Å². The van der Waals surface area contributed by atoms with E-state index in [0.29, 0.717) is 0 Å². The van der Waals surface area contributed by atoms with Gasteiger partial charge < -0.3 is 0 Å². The minimum Gasteiger partial charge on any atom is -0.203 e. The Kier molecular flexibility index (Phi) is 3.80. The zero-order valence-electron chi connectivity index (χ0n) is 9.78. The summed E-state index contributed by atoms with van der Waals surface area (Å²) in [6.45, 7) is 0. The second-order valence-electron chi connectivity index (χ2n) is 3.90. The van der Waals surface area contributed by atoms with E-state index >= 15 is 0 Å². The summed E-state index contributed by atoms with van der Waals surface area (Å²) in [5, 5.41) is -4.07. The van der Waals surface area contributed by atoms with Crippen LogP contribution in [0.1, 0.15) is 5.56 Å². The maximum absolute atomic E-state index is 13.5. The van der Waals surface area contributed by atoms with E-state index in [1.54, 1.807) is 0 Å². The van der Waals surface area contributed by atoms with E-state index in [1.165, 1.54) is 0 Å². The number of fused-ring (bicyclic) bond motifs is 1. The van der Waals surface area contributed by atoms with Crippen molar-refractivity contribution in [1.82, 2.24) is 0 Å². The molecule has 2 aromatic carbocycles. The molecule has 0 spiro atoms. The van der Waals surface area contributed by atoms with E-state index in [0.717, 1.165) is 0 Å². The Morgan fingerprint density at radius 1 is 0.455 bits per heavy atom. The van der Waals surface area contributed by atoms with Crippen molar-refractivity contribution in [3.8, 4) is 0 Å². The standard InChI is InChI=1S/C12F10/c13-4-1-2(6(15)11(20)10(4)19)5(14)9(18)7(16)3(1)8(17)12(21)22. The zero-order valence-corrected chi connectivity index (χ0v) is 9.78. The molecule has 0 aliphatic heterocycles. The molecule has 0 N–H and O–H groups in total. The fourth-order valence-corrected chi connectivity index (χ4v) is 1.80. The van der Waals surface area contributed by atoms with Gasteiger partial charge in [0.15, 0.2) is 46.5 Å². The number of hydrogen-bond acceptors (Lipinski definition) is 0. The smallest absolute Gasteiger partial charge is 0.203 e. The van der Waals surface area contributed by atoms with Crippen molar-refractivity contribution in [3.63, 3.8) is 0 Å². The third-order valence-corrected chi connectivity index (χ3v) is 2.73. The van der Waals surface area contributed by atoms with Crippen LogP contribution in [0, 0.1) is 40.7 Å². The molecule has 0 aliphatic carbocycles. The lowest BCUT2D eigenvalue weighted by molar-refractivity contribution is 0.402. The molecule has 0 amide bonds. The molecule has 2 rings (SSSR count). The van der Waals surface area contributed by atoms with Crippen molar-refractivity contribution in [2.45, 2.75) is 0 Å².